The number of nitrogens with one attached hydrogen (secondary N) is 2. The number of unbranched alkanes of at least 4 members (excludes halogenated alkanes) is 1. The molecule has 0 aliphatic carbocycles. The number of rotatable bonds is 7. The van der Waals surface area contributed by atoms with Crippen molar-refractivity contribution in [2.75, 3.05) is 17.3 Å². The molecule has 114 valence electrons. The van der Waals surface area contributed by atoms with Crippen LogP contribution in [0.15, 0.2) is 12.1 Å². The first-order valence-electron chi connectivity index (χ1n) is 6.62. The van der Waals surface area contributed by atoms with Gasteiger partial charge in [0.2, 0.25) is 0 Å². The summed E-state index contributed by atoms with van der Waals surface area (Å²) in [7, 11) is 0. The van der Waals surface area contributed by atoms with Gasteiger partial charge in [-0.1, -0.05) is 26.7 Å². The van der Waals surface area contributed by atoms with Gasteiger partial charge in [-0.2, -0.15) is 13.2 Å². The molecule has 1 rings (SSSR count). The van der Waals surface area contributed by atoms with E-state index in [-0.39, 0.29) is 11.6 Å². The number of anilines is 2. The maximum Gasteiger partial charge on any atom is 0.416 e. The molecule has 0 bridgehead atoms. The normalized spacial score (nSPS) is 11.8. The second kappa shape index (κ2) is 7.33. The van der Waals surface area contributed by atoms with Gasteiger partial charge >= 0.3 is 6.18 Å². The van der Waals surface area contributed by atoms with Crippen LogP contribution in [-0.4, -0.2) is 11.5 Å². The van der Waals surface area contributed by atoms with E-state index in [1.165, 1.54) is 0 Å². The maximum absolute atomic E-state index is 12.7. The van der Waals surface area contributed by atoms with E-state index >= 15 is 0 Å². The molecule has 0 saturated heterocycles. The monoisotopic (exact) mass is 290 g/mol. The molecule has 4 N–H and O–H groups in total. The number of nitrogen functional groups attached to an aromatic ring is 1. The second-order valence-corrected chi connectivity index (χ2v) is 5.08. The average molecular weight is 290 g/mol. The molecule has 0 unspecified atom stereocenters. The second-order valence-electron chi connectivity index (χ2n) is 5.08. The predicted octanol–water partition coefficient (Wildman–Crippen LogP) is 3.62. The lowest BCUT2D eigenvalue weighted by molar-refractivity contribution is -0.137. The van der Waals surface area contributed by atoms with E-state index < -0.39 is 11.7 Å². The molecule has 0 saturated carbocycles. The summed E-state index contributed by atoms with van der Waals surface area (Å²) in [5.41, 5.74) is 1.37. The summed E-state index contributed by atoms with van der Waals surface area (Å²) in [6.45, 7) is 4.87. The maximum atomic E-state index is 12.7. The van der Waals surface area contributed by atoms with Crippen LogP contribution in [0.4, 0.5) is 24.8 Å². The van der Waals surface area contributed by atoms with Crippen LogP contribution in [0, 0.1) is 5.92 Å². The molecule has 0 aliphatic rings. The highest BCUT2D eigenvalue weighted by Gasteiger charge is 2.31. The number of nitrogens with zero attached hydrogens (tertiary/aromatic N) is 1. The summed E-state index contributed by atoms with van der Waals surface area (Å²) in [5.74, 6) is 5.94. The van der Waals surface area contributed by atoms with Gasteiger partial charge in [-0.15, -0.1) is 0 Å². The molecule has 0 amide bonds. The molecule has 4 nitrogen and oxygen atoms in total. The third-order valence-corrected chi connectivity index (χ3v) is 2.81. The zero-order valence-corrected chi connectivity index (χ0v) is 11.7. The molecule has 1 aromatic rings. The van der Waals surface area contributed by atoms with Gasteiger partial charge in [0.05, 0.1) is 5.56 Å². The van der Waals surface area contributed by atoms with Crippen molar-refractivity contribution in [2.45, 2.75) is 39.3 Å². The lowest BCUT2D eigenvalue weighted by Crippen LogP contribution is -2.14. The average Bonchev–Trinajstić information content (AvgIpc) is 2.36. The molecule has 0 aliphatic heterocycles. The van der Waals surface area contributed by atoms with Crippen molar-refractivity contribution in [3.63, 3.8) is 0 Å². The number of nitrogens with two attached hydrogens (primary N) is 1. The fourth-order valence-electron chi connectivity index (χ4n) is 1.75. The summed E-state index contributed by atoms with van der Waals surface area (Å²) in [6, 6.07) is 1.87. The van der Waals surface area contributed by atoms with Crippen molar-refractivity contribution in [1.29, 1.82) is 0 Å². The van der Waals surface area contributed by atoms with Crippen LogP contribution >= 0.6 is 0 Å². The number of aromatic nitrogens is 1. The minimum absolute atomic E-state index is 0.00972. The van der Waals surface area contributed by atoms with E-state index in [9.17, 15) is 13.2 Å². The Balaban J connectivity index is 2.61. The third-order valence-electron chi connectivity index (χ3n) is 2.81. The highest BCUT2D eigenvalue weighted by atomic mass is 19.4. The molecule has 0 radical (unpaired) electrons. The Morgan fingerprint density at radius 1 is 1.20 bits per heavy atom. The molecule has 0 fully saturated rings. The van der Waals surface area contributed by atoms with Gasteiger partial charge in [-0.25, -0.2) is 10.8 Å². The Labute approximate surface area is 116 Å². The summed E-state index contributed by atoms with van der Waals surface area (Å²) in [4.78, 5) is 3.95. The van der Waals surface area contributed by atoms with Gasteiger partial charge in [-0.05, 0) is 24.5 Å². The number of pyridine rings is 1. The quantitative estimate of drug-likeness (QED) is 0.408. The summed E-state index contributed by atoms with van der Waals surface area (Å²) in [6.07, 6.45) is -1.39. The van der Waals surface area contributed by atoms with Crippen LogP contribution in [-0.2, 0) is 6.18 Å². The number of halogens is 3. The summed E-state index contributed by atoms with van der Waals surface area (Å²) < 4.78 is 38.1. The van der Waals surface area contributed by atoms with Crippen LogP contribution in [0.1, 0.15) is 38.7 Å². The minimum Gasteiger partial charge on any atom is -0.370 e. The van der Waals surface area contributed by atoms with Gasteiger partial charge < -0.3 is 10.7 Å². The fourth-order valence-corrected chi connectivity index (χ4v) is 1.75. The van der Waals surface area contributed by atoms with Crippen molar-refractivity contribution < 1.29 is 13.2 Å². The zero-order valence-electron chi connectivity index (χ0n) is 11.7. The Morgan fingerprint density at radius 3 is 2.40 bits per heavy atom. The topological polar surface area (TPSA) is 63.0 Å². The third kappa shape index (κ3) is 5.64. The standard InChI is InChI=1S/C13H21F3N4/c1-9(2)5-3-4-6-18-11-7-10(13(14,15)16)8-12(19-11)20-17/h7-9H,3-6,17H2,1-2H3,(H2,18,19,20). The van der Waals surface area contributed by atoms with Crippen molar-refractivity contribution in [3.8, 4) is 0 Å². The van der Waals surface area contributed by atoms with Crippen LogP contribution in [0.25, 0.3) is 0 Å². The summed E-state index contributed by atoms with van der Waals surface area (Å²) >= 11 is 0. The highest BCUT2D eigenvalue weighted by Crippen LogP contribution is 2.31. The molecule has 1 heterocycles. The number of hydrazine groups is 1. The van der Waals surface area contributed by atoms with Gasteiger partial charge in [0.15, 0.2) is 0 Å². The van der Waals surface area contributed by atoms with E-state index in [0.717, 1.165) is 31.4 Å². The smallest absolute Gasteiger partial charge is 0.370 e. The van der Waals surface area contributed by atoms with Crippen LogP contribution in [0.3, 0.4) is 0 Å². The Morgan fingerprint density at radius 2 is 1.85 bits per heavy atom. The van der Waals surface area contributed by atoms with Gasteiger partial charge in [0, 0.05) is 6.54 Å². The molecule has 0 spiro atoms. The molecule has 7 heteroatoms. The van der Waals surface area contributed by atoms with E-state index in [4.69, 9.17) is 5.84 Å². The lowest BCUT2D eigenvalue weighted by atomic mass is 10.1. The van der Waals surface area contributed by atoms with E-state index in [0.29, 0.717) is 12.5 Å². The Hall–Kier alpha value is -1.50. The first-order valence-corrected chi connectivity index (χ1v) is 6.62. The number of alkyl halides is 3. The lowest BCUT2D eigenvalue weighted by Gasteiger charge is -2.12. The van der Waals surface area contributed by atoms with Gasteiger partial charge in [0.1, 0.15) is 11.6 Å². The first-order chi connectivity index (χ1) is 9.32. The molecular weight excluding hydrogens is 269 g/mol. The minimum atomic E-state index is -4.41. The van der Waals surface area contributed by atoms with E-state index in [1.807, 2.05) is 0 Å². The zero-order chi connectivity index (χ0) is 15.2. The van der Waals surface area contributed by atoms with Crippen LogP contribution in [0.5, 0.6) is 0 Å². The van der Waals surface area contributed by atoms with Crippen molar-refractivity contribution in [1.82, 2.24) is 4.98 Å². The molecule has 0 atom stereocenters. The van der Waals surface area contributed by atoms with Crippen molar-refractivity contribution in [3.05, 3.63) is 17.7 Å². The molecule has 20 heavy (non-hydrogen) atoms. The molecule has 0 aromatic carbocycles. The Kier molecular flexibility index (Phi) is 6.06. The van der Waals surface area contributed by atoms with Gasteiger partial charge in [0.25, 0.3) is 0 Å². The van der Waals surface area contributed by atoms with Crippen LogP contribution < -0.4 is 16.6 Å². The fraction of sp³-hybridized carbons (Fsp3) is 0.615. The SMILES string of the molecule is CC(C)CCCCNc1cc(C(F)(F)F)cc(NN)n1. The van der Waals surface area contributed by atoms with Crippen molar-refractivity contribution >= 4 is 11.6 Å². The molecule has 1 aromatic heterocycles. The van der Waals surface area contributed by atoms with Crippen molar-refractivity contribution in [2.24, 2.45) is 11.8 Å². The van der Waals surface area contributed by atoms with E-state index in [1.54, 1.807) is 0 Å². The highest BCUT2D eigenvalue weighted by molar-refractivity contribution is 5.49. The predicted molar refractivity (Wildman–Crippen MR) is 74.2 cm³/mol. The van der Waals surface area contributed by atoms with Gasteiger partial charge in [-0.3, -0.25) is 0 Å². The Bertz CT molecular complexity index is 419. The largest absolute Gasteiger partial charge is 0.416 e. The summed E-state index contributed by atoms with van der Waals surface area (Å²) in [5, 5.41) is 2.90. The molecular formula is C13H21F3N4. The first kappa shape index (κ1) is 16.6. The number of hydrogen-bond donors (Lipinski definition) is 3. The number of hydrogen-bond acceptors (Lipinski definition) is 4. The van der Waals surface area contributed by atoms with E-state index in [2.05, 4.69) is 29.6 Å². The van der Waals surface area contributed by atoms with Crippen LogP contribution in [0.2, 0.25) is 0 Å².